The van der Waals surface area contributed by atoms with Gasteiger partial charge < -0.3 is 5.11 Å². The predicted octanol–water partition coefficient (Wildman–Crippen LogP) is 1.65. The number of nitrogens with zero attached hydrogens (tertiary/aromatic N) is 3. The second kappa shape index (κ2) is 5.77. The summed E-state index contributed by atoms with van der Waals surface area (Å²) in [5.74, 6) is -0.977. The molecule has 1 aromatic carbocycles. The van der Waals surface area contributed by atoms with E-state index in [-0.39, 0.29) is 10.9 Å². The maximum absolute atomic E-state index is 11.5. The van der Waals surface area contributed by atoms with Gasteiger partial charge in [-0.2, -0.15) is 0 Å². The van der Waals surface area contributed by atoms with Gasteiger partial charge in [0, 0.05) is 6.26 Å². The zero-order valence-corrected chi connectivity index (χ0v) is 14.2. The highest BCUT2D eigenvalue weighted by Gasteiger charge is 2.33. The summed E-state index contributed by atoms with van der Waals surface area (Å²) in [6.45, 7) is 5.01. The molecule has 2 rings (SSSR count). The number of aliphatic carboxylic acids is 1. The lowest BCUT2D eigenvalue weighted by atomic mass is 9.90. The van der Waals surface area contributed by atoms with Crippen LogP contribution in [0.1, 0.15) is 38.1 Å². The highest BCUT2D eigenvalue weighted by Crippen LogP contribution is 2.24. The van der Waals surface area contributed by atoms with Gasteiger partial charge in [-0.1, -0.05) is 17.3 Å². The minimum atomic E-state index is -3.23. The number of hydrogen-bond acceptors (Lipinski definition) is 5. The Morgan fingerprint density at radius 2 is 1.83 bits per heavy atom. The smallest absolute Gasteiger partial charge is 0.315 e. The van der Waals surface area contributed by atoms with Crippen molar-refractivity contribution in [3.05, 3.63) is 41.7 Å². The molecule has 1 aromatic heterocycles. The van der Waals surface area contributed by atoms with Crippen molar-refractivity contribution in [3.8, 4) is 0 Å². The van der Waals surface area contributed by atoms with E-state index in [1.807, 2.05) is 6.92 Å². The third kappa shape index (κ3) is 3.42. The van der Waals surface area contributed by atoms with Gasteiger partial charge in [-0.25, -0.2) is 13.1 Å². The Balaban J connectivity index is 2.30. The Hall–Kier alpha value is -2.22. The molecule has 0 amide bonds. The van der Waals surface area contributed by atoms with E-state index in [0.29, 0.717) is 5.69 Å². The summed E-state index contributed by atoms with van der Waals surface area (Å²) in [5, 5.41) is 17.2. The molecule has 7 nitrogen and oxygen atoms in total. The maximum Gasteiger partial charge on any atom is 0.315 e. The molecule has 1 unspecified atom stereocenters. The van der Waals surface area contributed by atoms with Gasteiger partial charge in [0.25, 0.3) is 0 Å². The van der Waals surface area contributed by atoms with Gasteiger partial charge in [-0.15, -0.1) is 5.10 Å². The van der Waals surface area contributed by atoms with Gasteiger partial charge in [-0.3, -0.25) is 4.79 Å². The summed E-state index contributed by atoms with van der Waals surface area (Å²) in [7, 11) is -3.23. The van der Waals surface area contributed by atoms with Crippen LogP contribution >= 0.6 is 0 Å². The molecule has 0 radical (unpaired) electrons. The number of benzene rings is 1. The van der Waals surface area contributed by atoms with E-state index in [2.05, 4.69) is 10.3 Å². The van der Waals surface area contributed by atoms with Gasteiger partial charge >= 0.3 is 5.97 Å². The average Bonchev–Trinajstić information content (AvgIpc) is 2.96. The zero-order valence-electron chi connectivity index (χ0n) is 13.4. The molecular formula is C15H19N3O4S. The van der Waals surface area contributed by atoms with Crippen molar-refractivity contribution in [3.63, 3.8) is 0 Å². The monoisotopic (exact) mass is 337 g/mol. The van der Waals surface area contributed by atoms with Crippen LogP contribution in [0.5, 0.6) is 0 Å². The molecule has 2 aromatic rings. The first-order valence-corrected chi connectivity index (χ1v) is 8.88. The lowest BCUT2D eigenvalue weighted by molar-refractivity contribution is -0.142. The standard InChI is InChI=1S/C15H19N3O4S/c1-10(11-5-7-12(8-6-11)23(4,21)22)18-9-13(16-17-18)15(2,3)14(19)20/h5-10H,1-4H3,(H,19,20). The topological polar surface area (TPSA) is 102 Å². The van der Waals surface area contributed by atoms with Crippen molar-refractivity contribution in [2.75, 3.05) is 6.26 Å². The summed E-state index contributed by atoms with van der Waals surface area (Å²) >= 11 is 0. The fraction of sp³-hybridized carbons (Fsp3) is 0.400. The van der Waals surface area contributed by atoms with Gasteiger partial charge in [0.15, 0.2) is 9.84 Å². The highest BCUT2D eigenvalue weighted by molar-refractivity contribution is 7.90. The number of sulfone groups is 1. The first-order valence-electron chi connectivity index (χ1n) is 6.99. The van der Waals surface area contributed by atoms with E-state index < -0.39 is 21.2 Å². The van der Waals surface area contributed by atoms with E-state index in [1.165, 1.54) is 0 Å². The molecule has 0 saturated heterocycles. The average molecular weight is 337 g/mol. The molecule has 124 valence electrons. The number of hydrogen-bond donors (Lipinski definition) is 1. The van der Waals surface area contributed by atoms with E-state index in [9.17, 15) is 18.3 Å². The van der Waals surface area contributed by atoms with Gasteiger partial charge in [0.05, 0.1) is 22.8 Å². The van der Waals surface area contributed by atoms with Crippen molar-refractivity contribution >= 4 is 15.8 Å². The molecule has 0 saturated carbocycles. The molecular weight excluding hydrogens is 318 g/mol. The zero-order chi connectivity index (χ0) is 17.4. The molecule has 0 spiro atoms. The lowest BCUT2D eigenvalue weighted by Gasteiger charge is -2.15. The second-order valence-corrected chi connectivity index (χ2v) is 8.05. The van der Waals surface area contributed by atoms with Crippen LogP contribution in [0.25, 0.3) is 0 Å². The Labute approximate surface area is 134 Å². The second-order valence-electron chi connectivity index (χ2n) is 6.03. The highest BCUT2D eigenvalue weighted by atomic mass is 32.2. The molecule has 23 heavy (non-hydrogen) atoms. The van der Waals surface area contributed by atoms with E-state index >= 15 is 0 Å². The lowest BCUT2D eigenvalue weighted by Crippen LogP contribution is -2.29. The van der Waals surface area contributed by atoms with Crippen LogP contribution in [0, 0.1) is 0 Å². The largest absolute Gasteiger partial charge is 0.481 e. The fourth-order valence-electron chi connectivity index (χ4n) is 2.01. The number of aromatic nitrogens is 3. The SMILES string of the molecule is CC(c1ccc(S(C)(=O)=O)cc1)n1cc(C(C)(C)C(=O)O)nn1. The summed E-state index contributed by atoms with van der Waals surface area (Å²) in [6.07, 6.45) is 2.76. The molecule has 8 heteroatoms. The molecule has 0 aliphatic heterocycles. The molecule has 0 fully saturated rings. The van der Waals surface area contributed by atoms with Crippen molar-refractivity contribution in [1.82, 2.24) is 15.0 Å². The number of carboxylic acid groups (broad SMARTS) is 1. The van der Waals surface area contributed by atoms with Crippen molar-refractivity contribution < 1.29 is 18.3 Å². The number of carboxylic acids is 1. The molecule has 0 aliphatic carbocycles. The van der Waals surface area contributed by atoms with Crippen LogP contribution in [-0.4, -0.2) is 40.7 Å². The van der Waals surface area contributed by atoms with Gasteiger partial charge in [0.2, 0.25) is 0 Å². The van der Waals surface area contributed by atoms with Crippen LogP contribution in [0.3, 0.4) is 0 Å². The Kier molecular flexibility index (Phi) is 4.30. The normalized spacial score (nSPS) is 13.7. The molecule has 1 atom stereocenters. The van der Waals surface area contributed by atoms with Crippen molar-refractivity contribution in [2.45, 2.75) is 37.1 Å². The summed E-state index contributed by atoms with van der Waals surface area (Å²) in [4.78, 5) is 11.5. The van der Waals surface area contributed by atoms with E-state index in [4.69, 9.17) is 0 Å². The Morgan fingerprint density at radius 3 is 2.30 bits per heavy atom. The van der Waals surface area contributed by atoms with Gasteiger partial charge in [-0.05, 0) is 38.5 Å². The van der Waals surface area contributed by atoms with E-state index in [0.717, 1.165) is 11.8 Å². The minimum Gasteiger partial charge on any atom is -0.481 e. The Bertz CT molecular complexity index is 823. The summed E-state index contributed by atoms with van der Waals surface area (Å²) in [6, 6.07) is 6.31. The Morgan fingerprint density at radius 1 is 1.26 bits per heavy atom. The first kappa shape index (κ1) is 17.1. The minimum absolute atomic E-state index is 0.200. The third-order valence-corrected chi connectivity index (χ3v) is 5.00. The maximum atomic E-state index is 11.5. The third-order valence-electron chi connectivity index (χ3n) is 3.87. The van der Waals surface area contributed by atoms with Crippen LogP contribution < -0.4 is 0 Å². The summed E-state index contributed by atoms with van der Waals surface area (Å²) < 4.78 is 24.5. The first-order chi connectivity index (χ1) is 10.5. The molecule has 0 bridgehead atoms. The predicted molar refractivity (Wildman–Crippen MR) is 84.0 cm³/mol. The van der Waals surface area contributed by atoms with Crippen LogP contribution in [0.15, 0.2) is 35.4 Å². The van der Waals surface area contributed by atoms with Crippen LogP contribution in [0.2, 0.25) is 0 Å². The van der Waals surface area contributed by atoms with E-state index in [1.54, 1.807) is 49.0 Å². The number of carbonyl (C=O) groups is 1. The van der Waals surface area contributed by atoms with Gasteiger partial charge in [0.1, 0.15) is 5.41 Å². The van der Waals surface area contributed by atoms with Crippen molar-refractivity contribution in [1.29, 1.82) is 0 Å². The molecule has 1 heterocycles. The van der Waals surface area contributed by atoms with Crippen molar-refractivity contribution in [2.24, 2.45) is 0 Å². The molecule has 0 aliphatic rings. The fourth-order valence-corrected chi connectivity index (χ4v) is 2.64. The molecule has 1 N–H and O–H groups in total. The van der Waals surface area contributed by atoms with Crippen LogP contribution in [0.4, 0.5) is 0 Å². The summed E-state index contributed by atoms with van der Waals surface area (Å²) in [5.41, 5.74) is 0.0876. The number of rotatable bonds is 5. The quantitative estimate of drug-likeness (QED) is 0.890. The van der Waals surface area contributed by atoms with Crippen LogP contribution in [-0.2, 0) is 20.0 Å².